The minimum atomic E-state index is 0.208. The summed E-state index contributed by atoms with van der Waals surface area (Å²) >= 11 is 0. The van der Waals surface area contributed by atoms with E-state index in [9.17, 15) is 0 Å². The summed E-state index contributed by atoms with van der Waals surface area (Å²) in [5, 5.41) is 0. The van der Waals surface area contributed by atoms with Crippen molar-refractivity contribution in [2.75, 3.05) is 0 Å². The van der Waals surface area contributed by atoms with Gasteiger partial charge in [-0.25, -0.2) is 0 Å². The molecule has 0 heteroatoms. The van der Waals surface area contributed by atoms with Crippen LogP contribution in [0.1, 0.15) is 62.3 Å². The van der Waals surface area contributed by atoms with Crippen molar-refractivity contribution >= 4 is 0 Å². The van der Waals surface area contributed by atoms with Crippen LogP contribution in [0.2, 0.25) is 0 Å². The molecule has 0 amide bonds. The molecule has 1 unspecified atom stereocenters. The molecule has 1 aliphatic carbocycles. The average Bonchev–Trinajstić information content (AvgIpc) is 2.28. The zero-order chi connectivity index (χ0) is 12.9. The molecule has 0 bridgehead atoms. The Balaban J connectivity index is 3.37. The lowest BCUT2D eigenvalue weighted by atomic mass is 9.65. The van der Waals surface area contributed by atoms with Gasteiger partial charge in [0, 0.05) is 5.41 Å². The fourth-order valence-electron chi connectivity index (χ4n) is 2.65. The molecule has 0 saturated carbocycles. The van der Waals surface area contributed by atoms with Gasteiger partial charge < -0.3 is 0 Å². The van der Waals surface area contributed by atoms with Gasteiger partial charge >= 0.3 is 0 Å². The summed E-state index contributed by atoms with van der Waals surface area (Å²) in [6, 6.07) is 0. The smallest absolute Gasteiger partial charge is 0.0120 e. The molecular weight excluding hydrogens is 192 g/mol. The Morgan fingerprint density at radius 3 is 1.56 bits per heavy atom. The van der Waals surface area contributed by atoms with Crippen LogP contribution in [0.4, 0.5) is 0 Å². The zero-order valence-corrected chi connectivity index (χ0v) is 12.6. The number of allylic oxidation sites excluding steroid dienone is 4. The second-order valence-electron chi connectivity index (χ2n) is 7.51. The van der Waals surface area contributed by atoms with Crippen molar-refractivity contribution in [3.8, 4) is 0 Å². The Morgan fingerprint density at radius 1 is 0.938 bits per heavy atom. The maximum atomic E-state index is 2.51. The predicted octanol–water partition coefficient (Wildman–Crippen LogP) is 5.36. The third kappa shape index (κ3) is 1.87. The molecule has 0 aliphatic heterocycles. The Hall–Kier alpha value is -0.520. The van der Waals surface area contributed by atoms with Crippen molar-refractivity contribution in [3.63, 3.8) is 0 Å². The molecule has 0 heterocycles. The largest absolute Gasteiger partial charge is 0.0700 e. The Bertz CT molecular complexity index is 352. The average molecular weight is 220 g/mol. The molecule has 92 valence electrons. The Kier molecular flexibility index (Phi) is 2.95. The summed E-state index contributed by atoms with van der Waals surface area (Å²) in [7, 11) is 0. The minimum Gasteiger partial charge on any atom is -0.0700 e. The minimum absolute atomic E-state index is 0.208. The van der Waals surface area contributed by atoms with Gasteiger partial charge in [0.05, 0.1) is 0 Å². The lowest BCUT2D eigenvalue weighted by Crippen LogP contribution is -2.30. The quantitative estimate of drug-likeness (QED) is 0.515. The van der Waals surface area contributed by atoms with Crippen LogP contribution in [-0.4, -0.2) is 0 Å². The normalized spacial score (nSPS) is 27.4. The lowest BCUT2D eigenvalue weighted by Gasteiger charge is -2.39. The highest BCUT2D eigenvalue weighted by molar-refractivity contribution is 5.49. The molecule has 0 aromatic rings. The highest BCUT2D eigenvalue weighted by atomic mass is 14.5. The van der Waals surface area contributed by atoms with E-state index in [1.807, 2.05) is 0 Å². The molecule has 0 N–H and O–H groups in total. The number of rotatable bonds is 0. The van der Waals surface area contributed by atoms with Crippen LogP contribution in [0.25, 0.3) is 0 Å². The van der Waals surface area contributed by atoms with Crippen LogP contribution >= 0.6 is 0 Å². The molecule has 1 atom stereocenters. The van der Waals surface area contributed by atoms with Crippen molar-refractivity contribution in [1.29, 1.82) is 0 Å². The van der Waals surface area contributed by atoms with Crippen LogP contribution < -0.4 is 0 Å². The van der Waals surface area contributed by atoms with Crippen LogP contribution in [0, 0.1) is 16.2 Å². The predicted molar refractivity (Wildman–Crippen MR) is 73.5 cm³/mol. The maximum Gasteiger partial charge on any atom is 0.0120 e. The van der Waals surface area contributed by atoms with E-state index in [1.54, 1.807) is 5.57 Å². The summed E-state index contributed by atoms with van der Waals surface area (Å²) in [5.41, 5.74) is 5.33. The van der Waals surface area contributed by atoms with E-state index in [0.29, 0.717) is 0 Å². The van der Waals surface area contributed by atoms with E-state index < -0.39 is 0 Å². The van der Waals surface area contributed by atoms with E-state index in [4.69, 9.17) is 0 Å². The zero-order valence-electron chi connectivity index (χ0n) is 12.6. The van der Waals surface area contributed by atoms with Crippen molar-refractivity contribution in [2.24, 2.45) is 16.2 Å². The Labute approximate surface area is 102 Å². The van der Waals surface area contributed by atoms with Gasteiger partial charge in [0.2, 0.25) is 0 Å². The van der Waals surface area contributed by atoms with E-state index in [0.717, 1.165) is 0 Å². The van der Waals surface area contributed by atoms with Gasteiger partial charge in [-0.3, -0.25) is 0 Å². The highest BCUT2D eigenvalue weighted by Gasteiger charge is 2.43. The molecule has 0 spiro atoms. The Morgan fingerprint density at radius 2 is 1.38 bits per heavy atom. The summed E-state index contributed by atoms with van der Waals surface area (Å²) < 4.78 is 0. The van der Waals surface area contributed by atoms with E-state index in [-0.39, 0.29) is 16.2 Å². The molecule has 16 heavy (non-hydrogen) atoms. The fraction of sp³-hybridized carbons (Fsp3) is 0.750. The fourth-order valence-corrected chi connectivity index (χ4v) is 2.65. The molecule has 0 radical (unpaired) electrons. The highest BCUT2D eigenvalue weighted by Crippen LogP contribution is 2.54. The van der Waals surface area contributed by atoms with Crippen LogP contribution in [0.5, 0.6) is 0 Å². The van der Waals surface area contributed by atoms with Crippen molar-refractivity contribution in [3.05, 3.63) is 22.8 Å². The maximum absolute atomic E-state index is 2.51. The van der Waals surface area contributed by atoms with Gasteiger partial charge in [-0.05, 0) is 35.8 Å². The standard InChI is InChI=1S/C16H28/c1-11-12(2)16(9,15(6,7)8)10-13(11)14(3,4)5/h10H,1-9H3. The number of hydrogen-bond acceptors (Lipinski definition) is 0. The first-order chi connectivity index (χ1) is 6.91. The molecule has 0 fully saturated rings. The van der Waals surface area contributed by atoms with Gasteiger partial charge in [0.1, 0.15) is 0 Å². The molecule has 0 aromatic heterocycles. The SMILES string of the molecule is CC1=C(C)C(C)(C(C)(C)C)C=C1C(C)(C)C. The van der Waals surface area contributed by atoms with Crippen LogP contribution in [-0.2, 0) is 0 Å². The second-order valence-corrected chi connectivity index (χ2v) is 7.51. The number of hydrogen-bond donors (Lipinski definition) is 0. The van der Waals surface area contributed by atoms with Gasteiger partial charge in [-0.2, -0.15) is 0 Å². The summed E-state index contributed by atoms with van der Waals surface area (Å²) in [5.74, 6) is 0. The lowest BCUT2D eigenvalue weighted by molar-refractivity contribution is 0.215. The first kappa shape index (κ1) is 13.5. The summed E-state index contributed by atoms with van der Waals surface area (Å²) in [4.78, 5) is 0. The molecule has 1 rings (SSSR count). The molecule has 0 aromatic carbocycles. The first-order valence-corrected chi connectivity index (χ1v) is 6.33. The molecule has 0 nitrogen and oxygen atoms in total. The molecule has 0 saturated heterocycles. The van der Waals surface area contributed by atoms with Crippen molar-refractivity contribution in [2.45, 2.75) is 62.3 Å². The second kappa shape index (κ2) is 3.48. The van der Waals surface area contributed by atoms with E-state index >= 15 is 0 Å². The molecule has 1 aliphatic rings. The molecular formula is C16H28. The van der Waals surface area contributed by atoms with Gasteiger partial charge in [-0.1, -0.05) is 60.1 Å². The third-order valence-electron chi connectivity index (χ3n) is 4.54. The summed E-state index contributed by atoms with van der Waals surface area (Å²) in [6.45, 7) is 20.9. The monoisotopic (exact) mass is 220 g/mol. The van der Waals surface area contributed by atoms with Gasteiger partial charge in [-0.15, -0.1) is 0 Å². The van der Waals surface area contributed by atoms with Crippen molar-refractivity contribution < 1.29 is 0 Å². The van der Waals surface area contributed by atoms with Crippen LogP contribution in [0.3, 0.4) is 0 Å². The first-order valence-electron chi connectivity index (χ1n) is 6.33. The van der Waals surface area contributed by atoms with E-state index in [1.165, 1.54) is 11.1 Å². The van der Waals surface area contributed by atoms with Gasteiger partial charge in [0.15, 0.2) is 0 Å². The summed E-state index contributed by atoms with van der Waals surface area (Å²) in [6.07, 6.45) is 2.51. The topological polar surface area (TPSA) is 0 Å². The van der Waals surface area contributed by atoms with E-state index in [2.05, 4.69) is 68.4 Å². The van der Waals surface area contributed by atoms with Crippen LogP contribution in [0.15, 0.2) is 22.8 Å². The van der Waals surface area contributed by atoms with Crippen molar-refractivity contribution in [1.82, 2.24) is 0 Å². The van der Waals surface area contributed by atoms with Gasteiger partial charge in [0.25, 0.3) is 0 Å². The third-order valence-corrected chi connectivity index (χ3v) is 4.54.